The number of hydrogen-bond acceptors (Lipinski definition) is 5. The Kier molecular flexibility index (Phi) is 4.32. The molecule has 2 aromatic rings. The molecule has 0 saturated carbocycles. The molecule has 7 nitrogen and oxygen atoms in total. The summed E-state index contributed by atoms with van der Waals surface area (Å²) in [5, 5.41) is 7.64. The van der Waals surface area contributed by atoms with Crippen molar-refractivity contribution in [3.05, 3.63) is 46.8 Å². The van der Waals surface area contributed by atoms with E-state index in [1.54, 1.807) is 36.7 Å². The molecule has 1 heterocycles. The van der Waals surface area contributed by atoms with E-state index in [9.17, 15) is 9.59 Å². The molecule has 0 saturated heterocycles. The predicted octanol–water partition coefficient (Wildman–Crippen LogP) is 0.910. The van der Waals surface area contributed by atoms with Crippen LogP contribution in [0.1, 0.15) is 39.0 Å². The van der Waals surface area contributed by atoms with Crippen molar-refractivity contribution in [2.24, 2.45) is 5.73 Å². The zero-order chi connectivity index (χ0) is 15.4. The topological polar surface area (TPSA) is 100 Å². The van der Waals surface area contributed by atoms with Gasteiger partial charge in [-0.15, -0.1) is 5.10 Å². The van der Waals surface area contributed by atoms with Crippen LogP contribution in [0.5, 0.6) is 0 Å². The van der Waals surface area contributed by atoms with Crippen molar-refractivity contribution in [1.82, 2.24) is 15.0 Å². The van der Waals surface area contributed by atoms with Gasteiger partial charge in [-0.25, -0.2) is 9.48 Å². The van der Waals surface area contributed by atoms with Crippen LogP contribution in [0.3, 0.4) is 0 Å². The van der Waals surface area contributed by atoms with Gasteiger partial charge in [0.2, 0.25) is 0 Å². The van der Waals surface area contributed by atoms with E-state index in [-0.39, 0.29) is 11.7 Å². The molecule has 1 amide bonds. The molecule has 1 aromatic carbocycles. The lowest BCUT2D eigenvalue weighted by Gasteiger charge is -2.06. The van der Waals surface area contributed by atoms with Crippen LogP contribution >= 0.6 is 0 Å². The minimum Gasteiger partial charge on any atom is -0.462 e. The summed E-state index contributed by atoms with van der Waals surface area (Å²) >= 11 is 0. The van der Waals surface area contributed by atoms with E-state index < -0.39 is 5.91 Å². The normalized spacial score (nSPS) is 10.4. The Morgan fingerprint density at radius 3 is 2.76 bits per heavy atom. The van der Waals surface area contributed by atoms with Crippen LogP contribution in [0.2, 0.25) is 0 Å². The van der Waals surface area contributed by atoms with Gasteiger partial charge in [-0.3, -0.25) is 4.79 Å². The monoisotopic (exact) mass is 288 g/mol. The molecule has 1 aromatic heterocycles. The third-order valence-corrected chi connectivity index (χ3v) is 2.99. The second kappa shape index (κ2) is 6.17. The molecule has 7 heteroatoms. The standard InChI is InChI=1S/C14H16N4O3/c1-3-21-14(20)11-6-4-5-10(7-11)8-18-9(2)12(13(15)19)16-17-18/h4-7H,3,8H2,1-2H3,(H2,15,19). The summed E-state index contributed by atoms with van der Waals surface area (Å²) in [5.74, 6) is -0.980. The zero-order valence-electron chi connectivity index (χ0n) is 11.9. The number of esters is 1. The maximum absolute atomic E-state index is 11.7. The van der Waals surface area contributed by atoms with Gasteiger partial charge in [0.05, 0.1) is 24.4 Å². The van der Waals surface area contributed by atoms with Crippen molar-refractivity contribution in [3.8, 4) is 0 Å². The number of nitrogens with zero attached hydrogens (tertiary/aromatic N) is 3. The molecular formula is C14H16N4O3. The van der Waals surface area contributed by atoms with E-state index in [4.69, 9.17) is 10.5 Å². The van der Waals surface area contributed by atoms with E-state index in [1.165, 1.54) is 0 Å². The molecule has 0 spiro atoms. The number of nitrogens with two attached hydrogens (primary N) is 1. The lowest BCUT2D eigenvalue weighted by Crippen LogP contribution is -2.14. The Bertz CT molecular complexity index is 679. The summed E-state index contributed by atoms with van der Waals surface area (Å²) in [4.78, 5) is 22.8. The van der Waals surface area contributed by atoms with Gasteiger partial charge < -0.3 is 10.5 Å². The summed E-state index contributed by atoms with van der Waals surface area (Å²) in [5.41, 5.74) is 7.26. The number of rotatable bonds is 5. The van der Waals surface area contributed by atoms with E-state index in [2.05, 4.69) is 10.3 Å². The third kappa shape index (κ3) is 3.25. The Hall–Kier alpha value is -2.70. The van der Waals surface area contributed by atoms with Crippen LogP contribution in [0.25, 0.3) is 0 Å². The fraction of sp³-hybridized carbons (Fsp3) is 0.286. The molecule has 0 aliphatic carbocycles. The van der Waals surface area contributed by atoms with E-state index >= 15 is 0 Å². The van der Waals surface area contributed by atoms with Gasteiger partial charge in [0.1, 0.15) is 0 Å². The number of amides is 1. The SMILES string of the molecule is CCOC(=O)c1cccc(Cn2nnc(C(N)=O)c2C)c1. The lowest BCUT2D eigenvalue weighted by atomic mass is 10.1. The highest BCUT2D eigenvalue weighted by atomic mass is 16.5. The van der Waals surface area contributed by atoms with Crippen LogP contribution < -0.4 is 5.73 Å². The Morgan fingerprint density at radius 2 is 2.14 bits per heavy atom. The molecule has 0 atom stereocenters. The fourth-order valence-electron chi connectivity index (χ4n) is 1.92. The number of hydrogen-bond donors (Lipinski definition) is 1. The highest BCUT2D eigenvalue weighted by Gasteiger charge is 2.14. The Labute approximate surface area is 121 Å². The minimum absolute atomic E-state index is 0.150. The van der Waals surface area contributed by atoms with Crippen LogP contribution in [-0.4, -0.2) is 33.5 Å². The maximum atomic E-state index is 11.7. The highest BCUT2D eigenvalue weighted by Crippen LogP contribution is 2.11. The summed E-state index contributed by atoms with van der Waals surface area (Å²) in [6.45, 7) is 4.19. The van der Waals surface area contributed by atoms with Gasteiger partial charge in [-0.1, -0.05) is 17.3 Å². The quantitative estimate of drug-likeness (QED) is 0.824. The summed E-state index contributed by atoms with van der Waals surface area (Å²) < 4.78 is 6.52. The first-order chi connectivity index (χ1) is 10.0. The molecule has 0 aliphatic rings. The van der Waals surface area contributed by atoms with Crippen molar-refractivity contribution in [2.45, 2.75) is 20.4 Å². The highest BCUT2D eigenvalue weighted by molar-refractivity contribution is 5.91. The van der Waals surface area contributed by atoms with Crippen LogP contribution in [0.15, 0.2) is 24.3 Å². The van der Waals surface area contributed by atoms with Crippen LogP contribution in [0.4, 0.5) is 0 Å². The molecule has 21 heavy (non-hydrogen) atoms. The Morgan fingerprint density at radius 1 is 1.38 bits per heavy atom. The molecule has 110 valence electrons. The number of carbonyl (C=O) groups is 2. The Balaban J connectivity index is 2.22. The van der Waals surface area contributed by atoms with Crippen molar-refractivity contribution in [1.29, 1.82) is 0 Å². The molecule has 0 bridgehead atoms. The van der Waals surface area contributed by atoms with Crippen molar-refractivity contribution in [2.75, 3.05) is 6.61 Å². The average Bonchev–Trinajstić information content (AvgIpc) is 2.81. The van der Waals surface area contributed by atoms with Gasteiger partial charge in [0.25, 0.3) is 5.91 Å². The molecule has 0 unspecified atom stereocenters. The molecule has 2 rings (SSSR count). The van der Waals surface area contributed by atoms with Gasteiger partial charge in [0.15, 0.2) is 5.69 Å². The third-order valence-electron chi connectivity index (χ3n) is 2.99. The van der Waals surface area contributed by atoms with E-state index in [0.717, 1.165) is 5.56 Å². The molecule has 0 fully saturated rings. The molecule has 0 radical (unpaired) electrons. The number of primary amides is 1. The maximum Gasteiger partial charge on any atom is 0.338 e. The van der Waals surface area contributed by atoms with E-state index in [0.29, 0.717) is 24.4 Å². The lowest BCUT2D eigenvalue weighted by molar-refractivity contribution is 0.0526. The van der Waals surface area contributed by atoms with Gasteiger partial charge in [-0.2, -0.15) is 0 Å². The van der Waals surface area contributed by atoms with Gasteiger partial charge >= 0.3 is 5.97 Å². The first-order valence-electron chi connectivity index (χ1n) is 6.49. The zero-order valence-corrected chi connectivity index (χ0v) is 11.9. The largest absolute Gasteiger partial charge is 0.462 e. The minimum atomic E-state index is -0.612. The van der Waals surface area contributed by atoms with Crippen LogP contribution in [-0.2, 0) is 11.3 Å². The second-order valence-electron chi connectivity index (χ2n) is 4.47. The molecule has 0 aliphatic heterocycles. The molecular weight excluding hydrogens is 272 g/mol. The second-order valence-corrected chi connectivity index (χ2v) is 4.47. The van der Waals surface area contributed by atoms with E-state index in [1.807, 2.05) is 6.07 Å². The van der Waals surface area contributed by atoms with Crippen molar-refractivity contribution < 1.29 is 14.3 Å². The molecule has 2 N–H and O–H groups in total. The van der Waals surface area contributed by atoms with Gasteiger partial charge in [-0.05, 0) is 31.5 Å². The number of carbonyl (C=O) groups excluding carboxylic acids is 2. The summed E-state index contributed by atoms with van der Waals surface area (Å²) in [6.07, 6.45) is 0. The predicted molar refractivity (Wildman–Crippen MR) is 74.8 cm³/mol. The van der Waals surface area contributed by atoms with Crippen molar-refractivity contribution >= 4 is 11.9 Å². The fourth-order valence-corrected chi connectivity index (χ4v) is 1.92. The number of aromatic nitrogens is 3. The summed E-state index contributed by atoms with van der Waals surface area (Å²) in [7, 11) is 0. The van der Waals surface area contributed by atoms with Crippen LogP contribution in [0, 0.1) is 6.92 Å². The smallest absolute Gasteiger partial charge is 0.338 e. The first-order valence-corrected chi connectivity index (χ1v) is 6.49. The van der Waals surface area contributed by atoms with Crippen molar-refractivity contribution in [3.63, 3.8) is 0 Å². The summed E-state index contributed by atoms with van der Waals surface area (Å²) in [6, 6.07) is 7.03. The number of benzene rings is 1. The first kappa shape index (κ1) is 14.7. The average molecular weight is 288 g/mol. The van der Waals surface area contributed by atoms with Gasteiger partial charge in [0, 0.05) is 0 Å². The number of ether oxygens (including phenoxy) is 1.